The van der Waals surface area contributed by atoms with E-state index in [1.165, 1.54) is 6.08 Å². The first kappa shape index (κ1) is 19.6. The van der Waals surface area contributed by atoms with Crippen LogP contribution in [0.1, 0.15) is 32.8 Å². The van der Waals surface area contributed by atoms with Gasteiger partial charge < -0.3 is 14.8 Å². The summed E-state index contributed by atoms with van der Waals surface area (Å²) in [6.45, 7) is 7.66. The minimum atomic E-state index is -0.174. The summed E-state index contributed by atoms with van der Waals surface area (Å²) in [5.74, 6) is 1.95. The summed E-state index contributed by atoms with van der Waals surface area (Å²) in [6, 6.07) is 15.0. The van der Waals surface area contributed by atoms with Crippen molar-refractivity contribution in [1.82, 2.24) is 0 Å². The number of nitrogens with one attached hydrogen (secondary N) is 1. The number of carbonyl (C=O) groups is 1. The Balaban J connectivity index is 1.84. The van der Waals surface area contributed by atoms with Gasteiger partial charge in [0.2, 0.25) is 5.91 Å². The highest BCUT2D eigenvalue weighted by atomic mass is 16.5. The van der Waals surface area contributed by atoms with Crippen LogP contribution >= 0.6 is 0 Å². The fourth-order valence-corrected chi connectivity index (χ4v) is 2.15. The van der Waals surface area contributed by atoms with Crippen LogP contribution in [0, 0.1) is 5.92 Å². The molecule has 0 fully saturated rings. The molecule has 2 aromatic rings. The van der Waals surface area contributed by atoms with E-state index in [9.17, 15) is 4.79 Å². The van der Waals surface area contributed by atoms with Gasteiger partial charge in [-0.3, -0.25) is 4.79 Å². The maximum absolute atomic E-state index is 12.0. The fraction of sp³-hybridized carbons (Fsp3) is 0.318. The molecule has 2 aromatic carbocycles. The van der Waals surface area contributed by atoms with Gasteiger partial charge in [0, 0.05) is 11.8 Å². The van der Waals surface area contributed by atoms with Crippen LogP contribution in [0.5, 0.6) is 11.5 Å². The Kier molecular flexibility index (Phi) is 7.75. The van der Waals surface area contributed by atoms with Crippen LogP contribution in [-0.4, -0.2) is 19.1 Å². The first-order chi connectivity index (χ1) is 12.6. The number of ether oxygens (including phenoxy) is 2. The molecule has 0 aliphatic carbocycles. The zero-order valence-corrected chi connectivity index (χ0v) is 15.7. The van der Waals surface area contributed by atoms with E-state index in [1.807, 2.05) is 48.5 Å². The first-order valence-electron chi connectivity index (χ1n) is 9.01. The Morgan fingerprint density at radius 3 is 2.23 bits per heavy atom. The SMILES string of the molecule is CCCOc1ccc(/C=C/C(=O)Nc2ccc(OCC(C)C)cc2)cc1. The Labute approximate surface area is 155 Å². The average molecular weight is 353 g/mol. The Morgan fingerprint density at radius 1 is 1.00 bits per heavy atom. The predicted molar refractivity (Wildman–Crippen MR) is 107 cm³/mol. The lowest BCUT2D eigenvalue weighted by Gasteiger charge is -2.09. The zero-order chi connectivity index (χ0) is 18.8. The Bertz CT molecular complexity index is 703. The molecule has 0 spiro atoms. The number of anilines is 1. The second kappa shape index (κ2) is 10.3. The zero-order valence-electron chi connectivity index (χ0n) is 15.7. The van der Waals surface area contributed by atoms with E-state index < -0.39 is 0 Å². The highest BCUT2D eigenvalue weighted by Crippen LogP contribution is 2.17. The molecular weight excluding hydrogens is 326 g/mol. The van der Waals surface area contributed by atoms with Gasteiger partial charge in [0.05, 0.1) is 13.2 Å². The third kappa shape index (κ3) is 7.01. The molecule has 0 atom stereocenters. The largest absolute Gasteiger partial charge is 0.494 e. The van der Waals surface area contributed by atoms with Crippen LogP contribution in [0.25, 0.3) is 6.08 Å². The molecule has 0 radical (unpaired) electrons. The van der Waals surface area contributed by atoms with Crippen LogP contribution < -0.4 is 14.8 Å². The smallest absolute Gasteiger partial charge is 0.248 e. The molecule has 2 rings (SSSR count). The van der Waals surface area contributed by atoms with Crippen molar-refractivity contribution in [2.75, 3.05) is 18.5 Å². The predicted octanol–water partition coefficient (Wildman–Crippen LogP) is 5.16. The molecule has 0 saturated carbocycles. The van der Waals surface area contributed by atoms with Crippen molar-refractivity contribution in [1.29, 1.82) is 0 Å². The van der Waals surface area contributed by atoms with E-state index in [0.29, 0.717) is 19.1 Å². The standard InChI is InChI=1S/C22H27NO3/c1-4-15-25-20-10-5-18(6-11-20)7-14-22(24)23-19-8-12-21(13-9-19)26-16-17(2)3/h5-14,17H,4,15-16H2,1-3H3,(H,23,24)/b14-7+. The van der Waals surface area contributed by atoms with E-state index in [1.54, 1.807) is 6.08 Å². The van der Waals surface area contributed by atoms with Crippen LogP contribution in [0.2, 0.25) is 0 Å². The summed E-state index contributed by atoms with van der Waals surface area (Å²) in [5.41, 5.74) is 1.68. The van der Waals surface area contributed by atoms with Gasteiger partial charge in [0.1, 0.15) is 11.5 Å². The summed E-state index contributed by atoms with van der Waals surface area (Å²) < 4.78 is 11.2. The van der Waals surface area contributed by atoms with Crippen molar-refractivity contribution in [3.63, 3.8) is 0 Å². The van der Waals surface area contributed by atoms with Gasteiger partial charge in [-0.05, 0) is 60.4 Å². The lowest BCUT2D eigenvalue weighted by atomic mass is 10.2. The number of hydrogen-bond acceptors (Lipinski definition) is 3. The molecule has 138 valence electrons. The summed E-state index contributed by atoms with van der Waals surface area (Å²) in [5, 5.41) is 2.84. The number of benzene rings is 2. The van der Waals surface area contributed by atoms with Gasteiger partial charge >= 0.3 is 0 Å². The molecule has 0 bridgehead atoms. The van der Waals surface area contributed by atoms with Crippen molar-refractivity contribution in [3.8, 4) is 11.5 Å². The molecule has 26 heavy (non-hydrogen) atoms. The minimum absolute atomic E-state index is 0.174. The summed E-state index contributed by atoms with van der Waals surface area (Å²) >= 11 is 0. The van der Waals surface area contributed by atoms with E-state index >= 15 is 0 Å². The maximum Gasteiger partial charge on any atom is 0.248 e. The summed E-state index contributed by atoms with van der Waals surface area (Å²) in [7, 11) is 0. The van der Waals surface area contributed by atoms with Crippen LogP contribution in [0.3, 0.4) is 0 Å². The van der Waals surface area contributed by atoms with Gasteiger partial charge in [0.15, 0.2) is 0 Å². The molecule has 0 heterocycles. The van der Waals surface area contributed by atoms with Crippen molar-refractivity contribution in [3.05, 3.63) is 60.2 Å². The third-order valence-electron chi connectivity index (χ3n) is 3.49. The summed E-state index contributed by atoms with van der Waals surface area (Å²) in [6.07, 6.45) is 4.27. The van der Waals surface area contributed by atoms with Crippen LogP contribution in [0.4, 0.5) is 5.69 Å². The molecular formula is C22H27NO3. The molecule has 1 N–H and O–H groups in total. The number of hydrogen-bond donors (Lipinski definition) is 1. The molecule has 4 heteroatoms. The van der Waals surface area contributed by atoms with Crippen LogP contribution in [-0.2, 0) is 4.79 Å². The Morgan fingerprint density at radius 2 is 1.62 bits per heavy atom. The highest BCUT2D eigenvalue weighted by Gasteiger charge is 2.01. The molecule has 0 aliphatic rings. The van der Waals surface area contributed by atoms with E-state index in [4.69, 9.17) is 9.47 Å². The number of carbonyl (C=O) groups excluding carboxylic acids is 1. The second-order valence-corrected chi connectivity index (χ2v) is 6.47. The average Bonchev–Trinajstić information content (AvgIpc) is 2.65. The van der Waals surface area contributed by atoms with E-state index in [2.05, 4.69) is 26.1 Å². The molecule has 0 unspecified atom stereocenters. The van der Waals surface area contributed by atoms with E-state index in [0.717, 1.165) is 29.2 Å². The number of rotatable bonds is 9. The van der Waals surface area contributed by atoms with Crippen LogP contribution in [0.15, 0.2) is 54.6 Å². The molecule has 0 aromatic heterocycles. The van der Waals surface area contributed by atoms with Crippen molar-refractivity contribution >= 4 is 17.7 Å². The second-order valence-electron chi connectivity index (χ2n) is 6.47. The van der Waals surface area contributed by atoms with Gasteiger partial charge in [-0.15, -0.1) is 0 Å². The quantitative estimate of drug-likeness (QED) is 0.633. The van der Waals surface area contributed by atoms with E-state index in [-0.39, 0.29) is 5.91 Å². The fourth-order valence-electron chi connectivity index (χ4n) is 2.15. The first-order valence-corrected chi connectivity index (χ1v) is 9.01. The topological polar surface area (TPSA) is 47.6 Å². The maximum atomic E-state index is 12.0. The monoisotopic (exact) mass is 353 g/mol. The normalized spacial score (nSPS) is 10.9. The molecule has 0 aliphatic heterocycles. The number of amides is 1. The van der Waals surface area contributed by atoms with Gasteiger partial charge in [-0.1, -0.05) is 32.9 Å². The third-order valence-corrected chi connectivity index (χ3v) is 3.49. The summed E-state index contributed by atoms with van der Waals surface area (Å²) in [4.78, 5) is 12.0. The molecule has 1 amide bonds. The molecule has 4 nitrogen and oxygen atoms in total. The minimum Gasteiger partial charge on any atom is -0.494 e. The van der Waals surface area contributed by atoms with Gasteiger partial charge in [0.25, 0.3) is 0 Å². The van der Waals surface area contributed by atoms with Gasteiger partial charge in [-0.2, -0.15) is 0 Å². The van der Waals surface area contributed by atoms with Gasteiger partial charge in [-0.25, -0.2) is 0 Å². The molecule has 0 saturated heterocycles. The van der Waals surface area contributed by atoms with Crippen molar-refractivity contribution in [2.45, 2.75) is 27.2 Å². The van der Waals surface area contributed by atoms with Crippen molar-refractivity contribution < 1.29 is 14.3 Å². The Hall–Kier alpha value is -2.75. The van der Waals surface area contributed by atoms with Crippen molar-refractivity contribution in [2.24, 2.45) is 5.92 Å². The lowest BCUT2D eigenvalue weighted by molar-refractivity contribution is -0.111. The highest BCUT2D eigenvalue weighted by molar-refractivity contribution is 6.01. The lowest BCUT2D eigenvalue weighted by Crippen LogP contribution is -2.08.